The van der Waals surface area contributed by atoms with Crippen molar-refractivity contribution < 1.29 is 0 Å². The largest absolute Gasteiger partial charge is 0.326 e. The van der Waals surface area contributed by atoms with Crippen LogP contribution >= 0.6 is 23.4 Å². The van der Waals surface area contributed by atoms with Crippen LogP contribution in [0.3, 0.4) is 0 Å². The zero-order valence-electron chi connectivity index (χ0n) is 9.14. The predicted molar refractivity (Wildman–Crippen MR) is 70.9 cm³/mol. The summed E-state index contributed by atoms with van der Waals surface area (Å²) < 4.78 is 0. The molecule has 0 aliphatic carbocycles. The van der Waals surface area contributed by atoms with E-state index in [1.165, 1.54) is 0 Å². The highest BCUT2D eigenvalue weighted by Crippen LogP contribution is 2.26. The van der Waals surface area contributed by atoms with Crippen LogP contribution in [0, 0.1) is 0 Å². The number of benzene rings is 1. The van der Waals surface area contributed by atoms with Crippen molar-refractivity contribution in [2.24, 2.45) is 5.73 Å². The van der Waals surface area contributed by atoms with Crippen LogP contribution in [0.1, 0.15) is 11.1 Å². The molecule has 3 nitrogen and oxygen atoms in total. The zero-order valence-corrected chi connectivity index (χ0v) is 10.7. The summed E-state index contributed by atoms with van der Waals surface area (Å²) in [6, 6.07) is 9.68. The number of hydrogen-bond acceptors (Lipinski definition) is 4. The minimum absolute atomic E-state index is 0.473. The van der Waals surface area contributed by atoms with Gasteiger partial charge in [0.1, 0.15) is 5.03 Å². The van der Waals surface area contributed by atoms with Gasteiger partial charge in [-0.2, -0.15) is 5.10 Å². The normalized spacial score (nSPS) is 10.5. The second kappa shape index (κ2) is 6.00. The molecule has 0 spiro atoms. The third-order valence-corrected chi connectivity index (χ3v) is 3.75. The number of rotatable bonds is 4. The molecule has 1 heterocycles. The maximum Gasteiger partial charge on any atom is 0.124 e. The fourth-order valence-corrected chi connectivity index (χ4v) is 2.65. The monoisotopic (exact) mass is 265 g/mol. The second-order valence-corrected chi connectivity index (χ2v) is 4.82. The van der Waals surface area contributed by atoms with E-state index < -0.39 is 0 Å². The Hall–Kier alpha value is -1.10. The van der Waals surface area contributed by atoms with E-state index in [0.29, 0.717) is 6.54 Å². The van der Waals surface area contributed by atoms with E-state index in [1.807, 2.05) is 30.3 Å². The molecule has 5 heteroatoms. The Balaban J connectivity index is 2.10. The molecule has 2 N–H and O–H groups in total. The molecule has 0 aliphatic rings. The molecule has 1 aromatic heterocycles. The standard InChI is InChI=1S/C12H12ClN3S/c13-11-4-2-1-3-10(11)8-17-12-9(7-14)5-6-15-16-12/h1-6H,7-8,14H2. The van der Waals surface area contributed by atoms with Crippen LogP contribution in [0.25, 0.3) is 0 Å². The fourth-order valence-electron chi connectivity index (χ4n) is 1.38. The molecule has 0 unspecified atom stereocenters. The molecule has 0 fully saturated rings. The Kier molecular flexibility index (Phi) is 4.36. The van der Waals surface area contributed by atoms with E-state index in [1.54, 1.807) is 18.0 Å². The summed E-state index contributed by atoms with van der Waals surface area (Å²) in [6.07, 6.45) is 1.65. The summed E-state index contributed by atoms with van der Waals surface area (Å²) in [5.74, 6) is 0.769. The summed E-state index contributed by atoms with van der Waals surface area (Å²) in [6.45, 7) is 0.473. The Morgan fingerprint density at radius 2 is 2.00 bits per heavy atom. The highest BCUT2D eigenvalue weighted by Gasteiger charge is 2.05. The lowest BCUT2D eigenvalue weighted by Gasteiger charge is -2.06. The molecule has 1 aromatic carbocycles. The maximum absolute atomic E-state index is 6.09. The molecule has 88 valence electrons. The van der Waals surface area contributed by atoms with Crippen LogP contribution in [-0.4, -0.2) is 10.2 Å². The van der Waals surface area contributed by atoms with Crippen molar-refractivity contribution in [3.05, 3.63) is 52.7 Å². The van der Waals surface area contributed by atoms with Crippen LogP contribution in [-0.2, 0) is 12.3 Å². The minimum Gasteiger partial charge on any atom is -0.326 e. The Labute approximate surface area is 109 Å². The average Bonchev–Trinajstić information content (AvgIpc) is 2.38. The van der Waals surface area contributed by atoms with Gasteiger partial charge in [-0.1, -0.05) is 41.6 Å². The van der Waals surface area contributed by atoms with Crippen molar-refractivity contribution in [2.75, 3.05) is 0 Å². The van der Waals surface area contributed by atoms with Crippen molar-refractivity contribution >= 4 is 23.4 Å². The fraction of sp³-hybridized carbons (Fsp3) is 0.167. The van der Waals surface area contributed by atoms with E-state index in [4.69, 9.17) is 17.3 Å². The van der Waals surface area contributed by atoms with E-state index in [-0.39, 0.29) is 0 Å². The lowest BCUT2D eigenvalue weighted by atomic mass is 10.2. The van der Waals surface area contributed by atoms with Gasteiger partial charge in [-0.15, -0.1) is 5.10 Å². The number of aromatic nitrogens is 2. The van der Waals surface area contributed by atoms with Crippen molar-refractivity contribution in [1.82, 2.24) is 10.2 Å². The SMILES string of the molecule is NCc1ccnnc1SCc1ccccc1Cl. The molecule has 17 heavy (non-hydrogen) atoms. The van der Waals surface area contributed by atoms with Gasteiger partial charge < -0.3 is 5.73 Å². The molecule has 0 aliphatic heterocycles. The summed E-state index contributed by atoms with van der Waals surface area (Å²) in [5, 5.41) is 9.60. The Bertz CT molecular complexity index is 505. The zero-order chi connectivity index (χ0) is 12.1. The number of halogens is 1. The molecule has 0 saturated heterocycles. The van der Waals surface area contributed by atoms with Gasteiger partial charge in [0.05, 0.1) is 0 Å². The number of nitrogens with two attached hydrogens (primary N) is 1. The van der Waals surface area contributed by atoms with Crippen LogP contribution in [0.15, 0.2) is 41.6 Å². The third-order valence-electron chi connectivity index (χ3n) is 2.31. The average molecular weight is 266 g/mol. The number of nitrogens with zero attached hydrogens (tertiary/aromatic N) is 2. The number of hydrogen-bond donors (Lipinski definition) is 1. The van der Waals surface area contributed by atoms with Crippen LogP contribution in [0.4, 0.5) is 0 Å². The van der Waals surface area contributed by atoms with Gasteiger partial charge in [0.25, 0.3) is 0 Å². The molecular formula is C12H12ClN3S. The molecule has 0 saturated carbocycles. The van der Waals surface area contributed by atoms with Crippen molar-refractivity contribution in [3.63, 3.8) is 0 Å². The van der Waals surface area contributed by atoms with Gasteiger partial charge >= 0.3 is 0 Å². The lowest BCUT2D eigenvalue weighted by Crippen LogP contribution is -2.01. The van der Waals surface area contributed by atoms with Gasteiger partial charge in [-0.3, -0.25) is 0 Å². The summed E-state index contributed by atoms with van der Waals surface area (Å²) in [5.41, 5.74) is 7.74. The summed E-state index contributed by atoms with van der Waals surface area (Å²) in [7, 11) is 0. The molecule has 2 aromatic rings. The minimum atomic E-state index is 0.473. The third kappa shape index (κ3) is 3.19. The smallest absolute Gasteiger partial charge is 0.124 e. The topological polar surface area (TPSA) is 51.8 Å². The first kappa shape index (κ1) is 12.4. The van der Waals surface area contributed by atoms with Crippen LogP contribution in [0.5, 0.6) is 0 Å². The molecule has 0 atom stereocenters. The molecule has 0 amide bonds. The summed E-state index contributed by atoms with van der Waals surface area (Å²) >= 11 is 7.69. The van der Waals surface area contributed by atoms with Gasteiger partial charge in [0.2, 0.25) is 0 Å². The van der Waals surface area contributed by atoms with Gasteiger partial charge in [0, 0.05) is 29.1 Å². The highest BCUT2D eigenvalue weighted by molar-refractivity contribution is 7.98. The highest BCUT2D eigenvalue weighted by atomic mass is 35.5. The first-order chi connectivity index (χ1) is 8.31. The number of thioether (sulfide) groups is 1. The molecule has 2 rings (SSSR count). The lowest BCUT2D eigenvalue weighted by molar-refractivity contribution is 0.866. The van der Waals surface area contributed by atoms with Gasteiger partial charge in [-0.05, 0) is 17.7 Å². The second-order valence-electron chi connectivity index (χ2n) is 3.45. The molecule has 0 bridgehead atoms. The summed E-state index contributed by atoms with van der Waals surface area (Å²) in [4.78, 5) is 0. The van der Waals surface area contributed by atoms with Crippen molar-refractivity contribution in [2.45, 2.75) is 17.3 Å². The molecule has 0 radical (unpaired) electrons. The first-order valence-electron chi connectivity index (χ1n) is 5.18. The van der Waals surface area contributed by atoms with Gasteiger partial charge in [-0.25, -0.2) is 0 Å². The van der Waals surface area contributed by atoms with E-state index in [0.717, 1.165) is 26.9 Å². The Morgan fingerprint density at radius 1 is 1.18 bits per heavy atom. The maximum atomic E-state index is 6.09. The van der Waals surface area contributed by atoms with Crippen LogP contribution < -0.4 is 5.73 Å². The van der Waals surface area contributed by atoms with E-state index >= 15 is 0 Å². The predicted octanol–water partition coefficient (Wildman–Crippen LogP) is 2.88. The quantitative estimate of drug-likeness (QED) is 0.864. The van der Waals surface area contributed by atoms with E-state index in [9.17, 15) is 0 Å². The first-order valence-corrected chi connectivity index (χ1v) is 6.54. The van der Waals surface area contributed by atoms with Gasteiger partial charge in [0.15, 0.2) is 0 Å². The van der Waals surface area contributed by atoms with Crippen LogP contribution in [0.2, 0.25) is 5.02 Å². The van der Waals surface area contributed by atoms with Crippen molar-refractivity contribution in [3.8, 4) is 0 Å². The Morgan fingerprint density at radius 3 is 2.76 bits per heavy atom. The molecular weight excluding hydrogens is 254 g/mol. The van der Waals surface area contributed by atoms with E-state index in [2.05, 4.69) is 10.2 Å². The van der Waals surface area contributed by atoms with Crippen molar-refractivity contribution in [1.29, 1.82) is 0 Å².